The van der Waals surface area contributed by atoms with E-state index in [0.29, 0.717) is 32.6 Å². The highest BCUT2D eigenvalue weighted by Gasteiger charge is 2.43. The highest BCUT2D eigenvalue weighted by molar-refractivity contribution is 14.0. The summed E-state index contributed by atoms with van der Waals surface area (Å²) in [7, 11) is 1.70. The molecule has 1 aromatic carbocycles. The quantitative estimate of drug-likeness (QED) is 0.371. The largest absolute Gasteiger partial charge is 0.368 e. The van der Waals surface area contributed by atoms with E-state index in [2.05, 4.69) is 20.1 Å². The van der Waals surface area contributed by atoms with Crippen molar-refractivity contribution < 1.29 is 13.6 Å². The number of hydrogen-bond acceptors (Lipinski definition) is 3. The molecule has 6 nitrogen and oxygen atoms in total. The number of halogens is 3. The fourth-order valence-electron chi connectivity index (χ4n) is 3.63. The van der Waals surface area contributed by atoms with Crippen LogP contribution in [0.1, 0.15) is 31.7 Å². The van der Waals surface area contributed by atoms with Crippen LogP contribution in [-0.4, -0.2) is 66.5 Å². The first-order valence-corrected chi connectivity index (χ1v) is 9.22. The Hall–Kier alpha value is -1.49. The lowest BCUT2D eigenvalue weighted by Crippen LogP contribution is -2.61. The van der Waals surface area contributed by atoms with Crippen molar-refractivity contribution in [2.24, 2.45) is 10.7 Å². The highest BCUT2D eigenvalue weighted by atomic mass is 127. The summed E-state index contributed by atoms with van der Waals surface area (Å²) < 4.78 is 27.9. The molecule has 1 amide bonds. The van der Waals surface area contributed by atoms with E-state index in [-0.39, 0.29) is 47.4 Å². The Bertz CT molecular complexity index is 730. The third-order valence-electron chi connectivity index (χ3n) is 5.66. The van der Waals surface area contributed by atoms with Crippen molar-refractivity contribution in [3.63, 3.8) is 0 Å². The smallest absolute Gasteiger partial charge is 0.237 e. The molecule has 2 aliphatic rings. The van der Waals surface area contributed by atoms with Gasteiger partial charge in [0.15, 0.2) is 5.96 Å². The number of rotatable bonds is 4. The number of carbonyl (C=O) groups is 1. The molecular weight excluding hydrogens is 479 g/mol. The van der Waals surface area contributed by atoms with Crippen molar-refractivity contribution in [3.05, 3.63) is 35.4 Å². The van der Waals surface area contributed by atoms with E-state index in [0.717, 1.165) is 5.96 Å². The summed E-state index contributed by atoms with van der Waals surface area (Å²) in [6, 6.07) is 3.94. The first-order valence-electron chi connectivity index (χ1n) is 9.22. The van der Waals surface area contributed by atoms with Crippen molar-refractivity contribution in [3.8, 4) is 0 Å². The van der Waals surface area contributed by atoms with Gasteiger partial charge in [-0.25, -0.2) is 8.78 Å². The van der Waals surface area contributed by atoms with Crippen molar-refractivity contribution in [1.82, 2.24) is 15.1 Å². The van der Waals surface area contributed by atoms with Gasteiger partial charge in [-0.15, -0.1) is 24.0 Å². The number of primary amides is 1. The minimum Gasteiger partial charge on any atom is -0.368 e. The van der Waals surface area contributed by atoms with Crippen LogP contribution < -0.4 is 11.1 Å². The topological polar surface area (TPSA) is 74.0 Å². The molecule has 1 aliphatic heterocycles. The van der Waals surface area contributed by atoms with Gasteiger partial charge in [-0.1, -0.05) is 6.07 Å². The number of amides is 1. The SMILES string of the molecule is CN=C(NC1CC1c1c(F)cccc1F)N1CCN(C(C)(C)C(N)=O)CC1.I. The van der Waals surface area contributed by atoms with Gasteiger partial charge in [0.25, 0.3) is 0 Å². The summed E-state index contributed by atoms with van der Waals surface area (Å²) in [5, 5.41) is 3.32. The van der Waals surface area contributed by atoms with Crippen LogP contribution in [0.4, 0.5) is 8.78 Å². The highest BCUT2D eigenvalue weighted by Crippen LogP contribution is 2.43. The van der Waals surface area contributed by atoms with Crippen LogP contribution in [0, 0.1) is 11.6 Å². The molecule has 28 heavy (non-hydrogen) atoms. The van der Waals surface area contributed by atoms with E-state index >= 15 is 0 Å². The normalized spacial score (nSPS) is 23.2. The van der Waals surface area contributed by atoms with Gasteiger partial charge < -0.3 is 16.0 Å². The number of nitrogens with two attached hydrogens (primary N) is 1. The van der Waals surface area contributed by atoms with Gasteiger partial charge in [-0.05, 0) is 32.4 Å². The minimum atomic E-state index is -0.688. The zero-order chi connectivity index (χ0) is 19.8. The zero-order valence-electron chi connectivity index (χ0n) is 16.4. The number of aliphatic imine (C=N–C) groups is 1. The van der Waals surface area contributed by atoms with Crippen LogP contribution in [0.5, 0.6) is 0 Å². The minimum absolute atomic E-state index is 0. The standard InChI is InChI=1S/C19H27F2N5O.HI/c1-19(2,17(22)27)26-9-7-25(8-10-26)18(23-3)24-15-11-12(15)16-13(20)5-4-6-14(16)21;/h4-6,12,15H,7-11H2,1-3H3,(H2,22,27)(H,23,24);1H. The molecule has 3 rings (SSSR count). The fraction of sp³-hybridized carbons (Fsp3) is 0.579. The van der Waals surface area contributed by atoms with Crippen LogP contribution in [0.2, 0.25) is 0 Å². The summed E-state index contributed by atoms with van der Waals surface area (Å²) in [5.41, 5.74) is 4.96. The maximum atomic E-state index is 14.0. The van der Waals surface area contributed by atoms with Crippen LogP contribution in [0.25, 0.3) is 0 Å². The Morgan fingerprint density at radius 3 is 2.29 bits per heavy atom. The number of guanidine groups is 1. The number of benzene rings is 1. The molecule has 0 spiro atoms. The summed E-state index contributed by atoms with van der Waals surface area (Å²) >= 11 is 0. The fourth-order valence-corrected chi connectivity index (χ4v) is 3.63. The van der Waals surface area contributed by atoms with E-state index < -0.39 is 17.2 Å². The lowest BCUT2D eigenvalue weighted by molar-refractivity contribution is -0.129. The second-order valence-electron chi connectivity index (χ2n) is 7.67. The maximum absolute atomic E-state index is 14.0. The molecule has 0 aromatic heterocycles. The summed E-state index contributed by atoms with van der Waals surface area (Å²) in [4.78, 5) is 20.1. The Kier molecular flexibility index (Phi) is 7.24. The molecule has 1 heterocycles. The monoisotopic (exact) mass is 507 g/mol. The van der Waals surface area contributed by atoms with E-state index in [1.165, 1.54) is 18.2 Å². The Morgan fingerprint density at radius 2 is 1.79 bits per heavy atom. The molecule has 1 saturated heterocycles. The molecule has 1 aliphatic carbocycles. The van der Waals surface area contributed by atoms with Crippen molar-refractivity contribution in [2.45, 2.75) is 37.8 Å². The molecule has 9 heteroatoms. The van der Waals surface area contributed by atoms with Crippen molar-refractivity contribution >= 4 is 35.8 Å². The number of carbonyl (C=O) groups excluding carboxylic acids is 1. The van der Waals surface area contributed by atoms with Gasteiger partial charge in [0.1, 0.15) is 11.6 Å². The zero-order valence-corrected chi connectivity index (χ0v) is 18.7. The predicted octanol–water partition coefficient (Wildman–Crippen LogP) is 1.90. The lowest BCUT2D eigenvalue weighted by atomic mass is 10.0. The van der Waals surface area contributed by atoms with Gasteiger partial charge >= 0.3 is 0 Å². The van der Waals surface area contributed by atoms with Crippen LogP contribution >= 0.6 is 24.0 Å². The van der Waals surface area contributed by atoms with Crippen LogP contribution in [0.3, 0.4) is 0 Å². The van der Waals surface area contributed by atoms with Crippen LogP contribution in [-0.2, 0) is 4.79 Å². The van der Waals surface area contributed by atoms with E-state index in [4.69, 9.17) is 5.73 Å². The molecule has 1 saturated carbocycles. The van der Waals surface area contributed by atoms with Crippen molar-refractivity contribution in [2.75, 3.05) is 33.2 Å². The third kappa shape index (κ3) is 4.56. The van der Waals surface area contributed by atoms with Crippen LogP contribution in [0.15, 0.2) is 23.2 Å². The van der Waals surface area contributed by atoms with Gasteiger partial charge in [0.2, 0.25) is 5.91 Å². The predicted molar refractivity (Wildman–Crippen MR) is 116 cm³/mol. The van der Waals surface area contributed by atoms with E-state index in [1.54, 1.807) is 7.05 Å². The van der Waals surface area contributed by atoms with E-state index in [1.807, 2.05) is 13.8 Å². The van der Waals surface area contributed by atoms with Gasteiger partial charge in [-0.2, -0.15) is 0 Å². The average molecular weight is 507 g/mol. The second kappa shape index (κ2) is 8.89. The number of nitrogens with zero attached hydrogens (tertiary/aromatic N) is 3. The van der Waals surface area contributed by atoms with Gasteiger partial charge in [0.05, 0.1) is 5.54 Å². The average Bonchev–Trinajstić information content (AvgIpc) is 3.38. The second-order valence-corrected chi connectivity index (χ2v) is 7.67. The number of hydrogen-bond donors (Lipinski definition) is 2. The summed E-state index contributed by atoms with van der Waals surface area (Å²) in [5.74, 6) is -0.803. The van der Waals surface area contributed by atoms with Gasteiger partial charge in [-0.3, -0.25) is 14.7 Å². The number of piperazine rings is 1. The summed E-state index contributed by atoms with van der Waals surface area (Å²) in [6.45, 7) is 6.43. The molecular formula is C19H28F2IN5O. The molecule has 0 radical (unpaired) electrons. The Morgan fingerprint density at radius 1 is 1.21 bits per heavy atom. The Balaban J connectivity index is 0.00000280. The third-order valence-corrected chi connectivity index (χ3v) is 5.66. The molecule has 156 valence electrons. The summed E-state index contributed by atoms with van der Waals surface area (Å²) in [6.07, 6.45) is 0.672. The lowest BCUT2D eigenvalue weighted by Gasteiger charge is -2.43. The molecule has 2 unspecified atom stereocenters. The van der Waals surface area contributed by atoms with Crippen molar-refractivity contribution in [1.29, 1.82) is 0 Å². The van der Waals surface area contributed by atoms with Gasteiger partial charge in [0, 0.05) is 50.7 Å². The molecule has 2 fully saturated rings. The van der Waals surface area contributed by atoms with E-state index in [9.17, 15) is 13.6 Å². The number of nitrogens with one attached hydrogen (secondary N) is 1. The maximum Gasteiger partial charge on any atom is 0.237 e. The molecule has 3 N–H and O–H groups in total. The first-order chi connectivity index (χ1) is 12.8. The Labute approximate surface area is 181 Å². The molecule has 1 aromatic rings. The molecule has 0 bridgehead atoms. The first kappa shape index (κ1) is 22.8. The molecule has 2 atom stereocenters.